The normalized spacial score (nSPS) is 14.5. The second-order valence-electron chi connectivity index (χ2n) is 6.69. The summed E-state index contributed by atoms with van der Waals surface area (Å²) in [5.74, 6) is -1.28. The summed E-state index contributed by atoms with van der Waals surface area (Å²) >= 11 is 7.12. The molecule has 0 spiro atoms. The lowest BCUT2D eigenvalue weighted by molar-refractivity contribution is -0.149. The van der Waals surface area contributed by atoms with Crippen LogP contribution in [-0.2, 0) is 19.1 Å². The summed E-state index contributed by atoms with van der Waals surface area (Å²) in [5, 5.41) is 1.30. The van der Waals surface area contributed by atoms with Crippen LogP contribution in [0, 0.1) is 12.8 Å². The van der Waals surface area contributed by atoms with Crippen LogP contribution in [0.25, 0.3) is 10.6 Å². The molecular weight excluding hydrogens is 416 g/mol. The van der Waals surface area contributed by atoms with Gasteiger partial charge in [-0.2, -0.15) is 0 Å². The highest BCUT2D eigenvalue weighted by Crippen LogP contribution is 2.29. The Labute approximate surface area is 177 Å². The van der Waals surface area contributed by atoms with Crippen LogP contribution in [0.4, 0.5) is 0 Å². The SMILES string of the molecule is COC(=O)C1CCN(C(=O)COC(=O)c2sc(-c3ccc(Cl)cc3)nc2C)CC1. The number of hydrogen-bond acceptors (Lipinski definition) is 7. The fraction of sp³-hybridized carbons (Fsp3) is 0.400. The van der Waals surface area contributed by atoms with Gasteiger partial charge in [0.25, 0.3) is 5.91 Å². The first-order valence-electron chi connectivity index (χ1n) is 9.15. The average Bonchev–Trinajstić information content (AvgIpc) is 3.13. The van der Waals surface area contributed by atoms with E-state index < -0.39 is 5.97 Å². The third-order valence-corrected chi connectivity index (χ3v) is 6.22. The number of aromatic nitrogens is 1. The number of rotatable bonds is 5. The van der Waals surface area contributed by atoms with E-state index in [1.165, 1.54) is 18.4 Å². The Morgan fingerprint density at radius 1 is 1.21 bits per heavy atom. The number of ether oxygens (including phenoxy) is 2. The molecule has 29 heavy (non-hydrogen) atoms. The Morgan fingerprint density at radius 2 is 1.86 bits per heavy atom. The van der Waals surface area contributed by atoms with E-state index in [0.717, 1.165) is 5.56 Å². The highest BCUT2D eigenvalue weighted by Gasteiger charge is 2.28. The predicted molar refractivity (Wildman–Crippen MR) is 109 cm³/mol. The Kier molecular flexibility index (Phi) is 6.87. The first kappa shape index (κ1) is 21.3. The van der Waals surface area contributed by atoms with E-state index in [-0.39, 0.29) is 24.4 Å². The molecule has 2 heterocycles. The fourth-order valence-electron chi connectivity index (χ4n) is 3.12. The monoisotopic (exact) mass is 436 g/mol. The van der Waals surface area contributed by atoms with Crippen molar-refractivity contribution < 1.29 is 23.9 Å². The quantitative estimate of drug-likeness (QED) is 0.668. The van der Waals surface area contributed by atoms with Crippen LogP contribution in [0.1, 0.15) is 28.2 Å². The van der Waals surface area contributed by atoms with E-state index in [9.17, 15) is 14.4 Å². The topological polar surface area (TPSA) is 85.8 Å². The van der Waals surface area contributed by atoms with Crippen LogP contribution in [0.3, 0.4) is 0 Å². The van der Waals surface area contributed by atoms with Crippen molar-refractivity contribution in [2.24, 2.45) is 5.92 Å². The Morgan fingerprint density at radius 3 is 2.48 bits per heavy atom. The summed E-state index contributed by atoms with van der Waals surface area (Å²) in [6.07, 6.45) is 1.09. The molecule has 0 radical (unpaired) electrons. The molecule has 0 aliphatic carbocycles. The Hall–Kier alpha value is -2.45. The number of benzene rings is 1. The molecule has 0 unspecified atom stereocenters. The molecule has 1 aliphatic heterocycles. The highest BCUT2D eigenvalue weighted by atomic mass is 35.5. The molecule has 2 aromatic rings. The van der Waals surface area contributed by atoms with Gasteiger partial charge in [-0.15, -0.1) is 11.3 Å². The molecule has 1 aromatic carbocycles. The minimum atomic E-state index is -0.571. The van der Waals surface area contributed by atoms with Crippen molar-refractivity contribution in [3.8, 4) is 10.6 Å². The highest BCUT2D eigenvalue weighted by molar-refractivity contribution is 7.17. The van der Waals surface area contributed by atoms with Crippen molar-refractivity contribution in [2.45, 2.75) is 19.8 Å². The van der Waals surface area contributed by atoms with Crippen molar-refractivity contribution in [3.05, 3.63) is 39.9 Å². The molecule has 1 aliphatic rings. The lowest BCUT2D eigenvalue weighted by Gasteiger charge is -2.30. The lowest BCUT2D eigenvalue weighted by atomic mass is 9.97. The van der Waals surface area contributed by atoms with E-state index in [1.807, 2.05) is 12.1 Å². The van der Waals surface area contributed by atoms with Crippen molar-refractivity contribution in [1.82, 2.24) is 9.88 Å². The number of carbonyl (C=O) groups excluding carboxylic acids is 3. The maximum Gasteiger partial charge on any atom is 0.350 e. The van der Waals surface area contributed by atoms with Gasteiger partial charge in [0.15, 0.2) is 6.61 Å². The molecule has 0 saturated carbocycles. The van der Waals surface area contributed by atoms with Crippen LogP contribution < -0.4 is 0 Å². The van der Waals surface area contributed by atoms with Crippen LogP contribution in [0.15, 0.2) is 24.3 Å². The minimum absolute atomic E-state index is 0.183. The average molecular weight is 437 g/mol. The molecule has 0 atom stereocenters. The van der Waals surface area contributed by atoms with Crippen molar-refractivity contribution in [3.63, 3.8) is 0 Å². The van der Waals surface area contributed by atoms with E-state index >= 15 is 0 Å². The van der Waals surface area contributed by atoms with Crippen LogP contribution >= 0.6 is 22.9 Å². The van der Waals surface area contributed by atoms with Gasteiger partial charge in [0.2, 0.25) is 0 Å². The number of amides is 1. The van der Waals surface area contributed by atoms with Gasteiger partial charge in [-0.25, -0.2) is 9.78 Å². The molecule has 1 saturated heterocycles. The van der Waals surface area contributed by atoms with Crippen molar-refractivity contribution in [2.75, 3.05) is 26.8 Å². The number of hydrogen-bond donors (Lipinski definition) is 0. The van der Waals surface area contributed by atoms with Gasteiger partial charge in [0.05, 0.1) is 18.7 Å². The molecule has 1 aromatic heterocycles. The second kappa shape index (κ2) is 9.37. The third-order valence-electron chi connectivity index (χ3n) is 4.78. The number of carbonyl (C=O) groups is 3. The smallest absolute Gasteiger partial charge is 0.350 e. The van der Waals surface area contributed by atoms with Gasteiger partial charge < -0.3 is 14.4 Å². The molecule has 7 nitrogen and oxygen atoms in total. The number of nitrogens with zero attached hydrogens (tertiary/aromatic N) is 2. The van der Waals surface area contributed by atoms with E-state index in [4.69, 9.17) is 21.1 Å². The van der Waals surface area contributed by atoms with Crippen molar-refractivity contribution in [1.29, 1.82) is 0 Å². The Bertz CT molecular complexity index is 904. The number of esters is 2. The van der Waals surface area contributed by atoms with E-state index in [1.54, 1.807) is 24.0 Å². The molecule has 0 N–H and O–H groups in total. The molecule has 1 amide bonds. The largest absolute Gasteiger partial charge is 0.469 e. The number of thiazole rings is 1. The van der Waals surface area contributed by atoms with Crippen molar-refractivity contribution >= 4 is 40.8 Å². The number of methoxy groups -OCH3 is 1. The van der Waals surface area contributed by atoms with Gasteiger partial charge >= 0.3 is 11.9 Å². The molecule has 9 heteroatoms. The standard InChI is InChI=1S/C20H21ClN2O5S/c1-12-17(29-18(22-12)13-3-5-15(21)6-4-13)20(26)28-11-16(24)23-9-7-14(8-10-23)19(25)27-2/h3-6,14H,7-11H2,1-2H3. The van der Waals surface area contributed by atoms with Crippen LogP contribution in [-0.4, -0.2) is 54.5 Å². The maximum atomic E-state index is 12.4. The zero-order chi connectivity index (χ0) is 21.0. The molecule has 3 rings (SSSR count). The lowest BCUT2D eigenvalue weighted by Crippen LogP contribution is -2.42. The van der Waals surface area contributed by atoms with Gasteiger partial charge in [-0.05, 0) is 31.9 Å². The Balaban J connectivity index is 1.55. The molecule has 0 bridgehead atoms. The summed E-state index contributed by atoms with van der Waals surface area (Å²) in [4.78, 5) is 42.7. The first-order chi connectivity index (χ1) is 13.9. The van der Waals surface area contributed by atoms with Crippen LogP contribution in [0.5, 0.6) is 0 Å². The van der Waals surface area contributed by atoms with Gasteiger partial charge in [0, 0.05) is 23.7 Å². The second-order valence-corrected chi connectivity index (χ2v) is 8.13. The number of halogens is 1. The predicted octanol–water partition coefficient (Wildman–Crippen LogP) is 3.34. The fourth-order valence-corrected chi connectivity index (χ4v) is 4.21. The molecular formula is C20H21ClN2O5S. The van der Waals surface area contributed by atoms with Gasteiger partial charge in [0.1, 0.15) is 9.88 Å². The van der Waals surface area contributed by atoms with E-state index in [0.29, 0.717) is 46.5 Å². The maximum absolute atomic E-state index is 12.4. The zero-order valence-electron chi connectivity index (χ0n) is 16.1. The summed E-state index contributed by atoms with van der Waals surface area (Å²) in [7, 11) is 1.36. The molecule has 154 valence electrons. The van der Waals surface area contributed by atoms with Crippen LogP contribution in [0.2, 0.25) is 5.02 Å². The number of piperidine rings is 1. The summed E-state index contributed by atoms with van der Waals surface area (Å²) in [6, 6.07) is 7.18. The zero-order valence-corrected chi connectivity index (χ0v) is 17.7. The summed E-state index contributed by atoms with van der Waals surface area (Å²) in [5.41, 5.74) is 1.40. The van der Waals surface area contributed by atoms with E-state index in [2.05, 4.69) is 4.98 Å². The number of aryl methyl sites for hydroxylation is 1. The minimum Gasteiger partial charge on any atom is -0.469 e. The summed E-state index contributed by atoms with van der Waals surface area (Å²) < 4.78 is 9.96. The first-order valence-corrected chi connectivity index (χ1v) is 10.3. The molecule has 1 fully saturated rings. The summed E-state index contributed by atoms with van der Waals surface area (Å²) in [6.45, 7) is 2.27. The number of likely N-dealkylation sites (tertiary alicyclic amines) is 1. The van der Waals surface area contributed by atoms with Gasteiger partial charge in [-0.3, -0.25) is 9.59 Å². The third kappa shape index (κ3) is 5.13. The van der Waals surface area contributed by atoms with Gasteiger partial charge in [-0.1, -0.05) is 23.7 Å².